The lowest BCUT2D eigenvalue weighted by atomic mass is 9.76. The summed E-state index contributed by atoms with van der Waals surface area (Å²) in [6, 6.07) is 6.65. The fourth-order valence-electron chi connectivity index (χ4n) is 3.48. The first-order chi connectivity index (χ1) is 13.6. The SMILES string of the molecule is CCCCC(CC)(C[O])OCCOc1ccc(C(C)(C)CC)cc1C(C)(C)CC. The van der Waals surface area contributed by atoms with E-state index in [4.69, 9.17) is 9.47 Å². The van der Waals surface area contributed by atoms with Crippen LogP contribution < -0.4 is 4.74 Å². The van der Waals surface area contributed by atoms with Crippen molar-refractivity contribution in [3.8, 4) is 5.75 Å². The molecule has 29 heavy (non-hydrogen) atoms. The largest absolute Gasteiger partial charge is 0.491 e. The van der Waals surface area contributed by atoms with Gasteiger partial charge in [0.25, 0.3) is 0 Å². The van der Waals surface area contributed by atoms with E-state index in [2.05, 4.69) is 66.7 Å². The van der Waals surface area contributed by atoms with Gasteiger partial charge in [0.1, 0.15) is 19.0 Å². The molecule has 0 bridgehead atoms. The highest BCUT2D eigenvalue weighted by Gasteiger charge is 2.29. The first-order valence-electron chi connectivity index (χ1n) is 11.6. The maximum absolute atomic E-state index is 11.8. The Bertz CT molecular complexity index is 600. The molecule has 0 N–H and O–H groups in total. The Morgan fingerprint density at radius 1 is 0.862 bits per heavy atom. The van der Waals surface area contributed by atoms with E-state index in [0.29, 0.717) is 13.2 Å². The van der Waals surface area contributed by atoms with Gasteiger partial charge in [0.15, 0.2) is 0 Å². The summed E-state index contributed by atoms with van der Waals surface area (Å²) >= 11 is 0. The molecule has 3 nitrogen and oxygen atoms in total. The summed E-state index contributed by atoms with van der Waals surface area (Å²) in [5, 5.41) is 11.8. The molecule has 0 aliphatic rings. The number of benzene rings is 1. The molecule has 167 valence electrons. The molecule has 1 radical (unpaired) electrons. The fourth-order valence-corrected chi connectivity index (χ4v) is 3.48. The van der Waals surface area contributed by atoms with Crippen LogP contribution >= 0.6 is 0 Å². The van der Waals surface area contributed by atoms with Crippen LogP contribution in [0.15, 0.2) is 18.2 Å². The van der Waals surface area contributed by atoms with E-state index >= 15 is 0 Å². The summed E-state index contributed by atoms with van der Waals surface area (Å²) in [5.74, 6) is 0.939. The van der Waals surface area contributed by atoms with Crippen molar-refractivity contribution in [1.29, 1.82) is 0 Å². The van der Waals surface area contributed by atoms with E-state index < -0.39 is 5.60 Å². The third kappa shape index (κ3) is 7.00. The lowest BCUT2D eigenvalue weighted by molar-refractivity contribution is -0.109. The molecule has 0 amide bonds. The average Bonchev–Trinajstić information content (AvgIpc) is 2.73. The topological polar surface area (TPSA) is 38.4 Å². The van der Waals surface area contributed by atoms with Gasteiger partial charge in [-0.25, -0.2) is 5.11 Å². The van der Waals surface area contributed by atoms with Crippen LogP contribution in [-0.4, -0.2) is 25.4 Å². The number of hydrogen-bond donors (Lipinski definition) is 0. The van der Waals surface area contributed by atoms with Crippen LogP contribution in [0.4, 0.5) is 0 Å². The average molecular weight is 406 g/mol. The van der Waals surface area contributed by atoms with Crippen LogP contribution in [0.25, 0.3) is 0 Å². The molecule has 0 spiro atoms. The highest BCUT2D eigenvalue weighted by atomic mass is 16.5. The van der Waals surface area contributed by atoms with Gasteiger partial charge in [-0.05, 0) is 48.1 Å². The van der Waals surface area contributed by atoms with Crippen LogP contribution in [-0.2, 0) is 20.7 Å². The number of hydrogen-bond acceptors (Lipinski definition) is 2. The summed E-state index contributed by atoms with van der Waals surface area (Å²) < 4.78 is 12.3. The zero-order chi connectivity index (χ0) is 22.1. The Labute approximate surface area is 180 Å². The molecule has 0 aliphatic heterocycles. The van der Waals surface area contributed by atoms with Gasteiger partial charge in [-0.2, -0.15) is 0 Å². The molecular weight excluding hydrogens is 360 g/mol. The maximum Gasteiger partial charge on any atom is 0.123 e. The molecule has 1 atom stereocenters. The van der Waals surface area contributed by atoms with Gasteiger partial charge in [-0.1, -0.05) is 80.4 Å². The predicted molar refractivity (Wildman–Crippen MR) is 123 cm³/mol. The highest BCUT2D eigenvalue weighted by molar-refractivity contribution is 5.44. The molecule has 0 fully saturated rings. The standard InChI is InChI=1S/C26H45O3/c1-9-13-16-26(12-4,20-27)29-18-17-28-23-15-14-21(24(5,6)10-2)19-22(23)25(7,8)11-3/h14-15,19H,9-13,16-18,20H2,1-8H3. The van der Waals surface area contributed by atoms with Gasteiger partial charge in [0.05, 0.1) is 12.2 Å². The zero-order valence-corrected chi connectivity index (χ0v) is 20.3. The van der Waals surface area contributed by atoms with Gasteiger partial charge in [0.2, 0.25) is 0 Å². The normalized spacial score (nSPS) is 14.7. The Kier molecular flexibility index (Phi) is 10.2. The molecule has 0 aliphatic carbocycles. The van der Waals surface area contributed by atoms with E-state index in [0.717, 1.165) is 44.3 Å². The zero-order valence-electron chi connectivity index (χ0n) is 20.3. The van der Waals surface area contributed by atoms with E-state index in [1.165, 1.54) is 11.1 Å². The second kappa shape index (κ2) is 11.4. The molecular formula is C26H45O3. The molecule has 0 saturated carbocycles. The van der Waals surface area contributed by atoms with E-state index in [9.17, 15) is 5.11 Å². The monoisotopic (exact) mass is 405 g/mol. The van der Waals surface area contributed by atoms with Gasteiger partial charge >= 0.3 is 0 Å². The molecule has 0 aromatic heterocycles. The van der Waals surface area contributed by atoms with Crippen LogP contribution in [0.5, 0.6) is 5.75 Å². The highest BCUT2D eigenvalue weighted by Crippen LogP contribution is 2.38. The first-order valence-corrected chi connectivity index (χ1v) is 11.6. The van der Waals surface area contributed by atoms with Gasteiger partial charge in [-0.15, -0.1) is 0 Å². The lowest BCUT2D eigenvalue weighted by Gasteiger charge is -2.31. The van der Waals surface area contributed by atoms with Crippen molar-refractivity contribution in [1.82, 2.24) is 0 Å². The summed E-state index contributed by atoms with van der Waals surface area (Å²) in [4.78, 5) is 0. The van der Waals surface area contributed by atoms with Gasteiger partial charge in [-0.3, -0.25) is 0 Å². The molecule has 0 heterocycles. The van der Waals surface area contributed by atoms with Crippen molar-refractivity contribution in [2.45, 2.75) is 110 Å². The van der Waals surface area contributed by atoms with Crippen molar-refractivity contribution in [2.24, 2.45) is 0 Å². The molecule has 1 rings (SSSR count). The maximum atomic E-state index is 11.8. The second-order valence-electron chi connectivity index (χ2n) is 9.67. The van der Waals surface area contributed by atoms with Crippen molar-refractivity contribution in [2.75, 3.05) is 19.8 Å². The van der Waals surface area contributed by atoms with Crippen LogP contribution in [0, 0.1) is 0 Å². The smallest absolute Gasteiger partial charge is 0.123 e. The van der Waals surface area contributed by atoms with Crippen molar-refractivity contribution < 1.29 is 14.6 Å². The second-order valence-corrected chi connectivity index (χ2v) is 9.67. The van der Waals surface area contributed by atoms with Gasteiger partial charge < -0.3 is 9.47 Å². The van der Waals surface area contributed by atoms with Crippen molar-refractivity contribution in [3.05, 3.63) is 29.3 Å². The Balaban J connectivity index is 2.93. The Hall–Kier alpha value is -1.06. The lowest BCUT2D eigenvalue weighted by Crippen LogP contribution is -2.37. The van der Waals surface area contributed by atoms with E-state index in [1.807, 2.05) is 6.92 Å². The Morgan fingerprint density at radius 3 is 2.03 bits per heavy atom. The third-order valence-electron chi connectivity index (χ3n) is 6.90. The Morgan fingerprint density at radius 2 is 1.52 bits per heavy atom. The van der Waals surface area contributed by atoms with Crippen LogP contribution in [0.1, 0.15) is 105 Å². The minimum Gasteiger partial charge on any atom is -0.491 e. The van der Waals surface area contributed by atoms with Crippen LogP contribution in [0.2, 0.25) is 0 Å². The molecule has 1 aromatic rings. The summed E-state index contributed by atoms with van der Waals surface area (Å²) in [7, 11) is 0. The first kappa shape index (κ1) is 26.0. The molecule has 1 aromatic carbocycles. The molecule has 1 unspecified atom stereocenters. The third-order valence-corrected chi connectivity index (χ3v) is 6.90. The fraction of sp³-hybridized carbons (Fsp3) is 0.769. The number of ether oxygens (including phenoxy) is 2. The van der Waals surface area contributed by atoms with Crippen molar-refractivity contribution >= 4 is 0 Å². The minimum absolute atomic E-state index is 0.0410. The molecule has 0 saturated heterocycles. The molecule has 3 heteroatoms. The number of rotatable bonds is 14. The van der Waals surface area contributed by atoms with Crippen molar-refractivity contribution in [3.63, 3.8) is 0 Å². The van der Waals surface area contributed by atoms with Crippen LogP contribution in [0.3, 0.4) is 0 Å². The van der Waals surface area contributed by atoms with Gasteiger partial charge in [0, 0.05) is 5.56 Å². The minimum atomic E-state index is -0.542. The van der Waals surface area contributed by atoms with E-state index in [-0.39, 0.29) is 17.4 Å². The number of unbranched alkanes of at least 4 members (excludes halogenated alkanes) is 1. The predicted octanol–water partition coefficient (Wildman–Crippen LogP) is 7.23. The summed E-state index contributed by atoms with van der Waals surface area (Å²) in [6.07, 6.45) is 5.84. The quantitative estimate of drug-likeness (QED) is 0.306. The van der Waals surface area contributed by atoms with E-state index in [1.54, 1.807) is 0 Å². The summed E-state index contributed by atoms with van der Waals surface area (Å²) in [5.41, 5.74) is 2.26. The summed E-state index contributed by atoms with van der Waals surface area (Å²) in [6.45, 7) is 18.5.